The van der Waals surface area contributed by atoms with Crippen LogP contribution in [0.3, 0.4) is 0 Å². The van der Waals surface area contributed by atoms with E-state index in [1.165, 1.54) is 13.0 Å². The zero-order valence-corrected chi connectivity index (χ0v) is 12.3. The topological polar surface area (TPSA) is 70.2 Å². The lowest BCUT2D eigenvalue weighted by atomic mass is 10.0. The summed E-state index contributed by atoms with van der Waals surface area (Å²) in [6.07, 6.45) is -0.0950. The average Bonchev–Trinajstić information content (AvgIpc) is 2.35. The van der Waals surface area contributed by atoms with E-state index in [-0.39, 0.29) is 23.8 Å². The summed E-state index contributed by atoms with van der Waals surface area (Å²) in [5.74, 6) is -1.75. The van der Waals surface area contributed by atoms with Gasteiger partial charge in [-0.3, -0.25) is 9.59 Å². The number of rotatable bonds is 6. The molecular formula is C15H19F2N3O2. The van der Waals surface area contributed by atoms with Crippen molar-refractivity contribution in [1.29, 1.82) is 0 Å². The summed E-state index contributed by atoms with van der Waals surface area (Å²) in [4.78, 5) is 23.2. The first-order valence-electron chi connectivity index (χ1n) is 7.15. The molecule has 7 heteroatoms. The van der Waals surface area contributed by atoms with E-state index in [1.54, 1.807) is 0 Å². The molecule has 0 spiro atoms. The van der Waals surface area contributed by atoms with Crippen LogP contribution in [0.4, 0.5) is 8.78 Å². The van der Waals surface area contributed by atoms with Gasteiger partial charge in [0.15, 0.2) is 0 Å². The zero-order chi connectivity index (χ0) is 16.1. The van der Waals surface area contributed by atoms with Gasteiger partial charge in [0.05, 0.1) is 12.5 Å². The number of halogens is 2. The van der Waals surface area contributed by atoms with Crippen LogP contribution in [0.2, 0.25) is 0 Å². The SMILES string of the molecule is CC(=O)NC(CC(=O)NCC1CNC1)c1ccc(F)cc1F. The number of amides is 2. The molecule has 2 amide bonds. The Morgan fingerprint density at radius 3 is 2.64 bits per heavy atom. The predicted octanol–water partition coefficient (Wildman–Crippen LogP) is 0.868. The Hall–Kier alpha value is -2.02. The van der Waals surface area contributed by atoms with Gasteiger partial charge in [0.1, 0.15) is 11.6 Å². The number of carbonyl (C=O) groups is 2. The summed E-state index contributed by atoms with van der Waals surface area (Å²) in [5.41, 5.74) is 0.0945. The molecule has 0 bridgehead atoms. The van der Waals surface area contributed by atoms with E-state index >= 15 is 0 Å². The van der Waals surface area contributed by atoms with Crippen LogP contribution in [-0.4, -0.2) is 31.4 Å². The molecule has 0 aliphatic carbocycles. The summed E-state index contributed by atoms with van der Waals surface area (Å²) in [6.45, 7) is 3.56. The van der Waals surface area contributed by atoms with E-state index in [4.69, 9.17) is 0 Å². The highest BCUT2D eigenvalue weighted by molar-refractivity contribution is 5.79. The third-order valence-electron chi connectivity index (χ3n) is 3.56. The second kappa shape index (κ2) is 7.31. The van der Waals surface area contributed by atoms with Gasteiger partial charge in [0, 0.05) is 44.1 Å². The maximum absolute atomic E-state index is 13.8. The molecule has 1 aliphatic rings. The Balaban J connectivity index is 2.01. The van der Waals surface area contributed by atoms with Crippen LogP contribution in [0.5, 0.6) is 0 Å². The van der Waals surface area contributed by atoms with Crippen molar-refractivity contribution in [3.8, 4) is 0 Å². The molecule has 1 aromatic carbocycles. The van der Waals surface area contributed by atoms with Crippen LogP contribution in [0.25, 0.3) is 0 Å². The predicted molar refractivity (Wildman–Crippen MR) is 76.9 cm³/mol. The second-order valence-corrected chi connectivity index (χ2v) is 5.45. The summed E-state index contributed by atoms with van der Waals surface area (Å²) in [7, 11) is 0. The first-order valence-corrected chi connectivity index (χ1v) is 7.15. The zero-order valence-electron chi connectivity index (χ0n) is 12.3. The highest BCUT2D eigenvalue weighted by Crippen LogP contribution is 2.21. The molecule has 1 heterocycles. The number of hydrogen-bond acceptors (Lipinski definition) is 3. The number of benzene rings is 1. The summed E-state index contributed by atoms with van der Waals surface area (Å²) >= 11 is 0. The third-order valence-corrected chi connectivity index (χ3v) is 3.56. The van der Waals surface area contributed by atoms with Gasteiger partial charge in [-0.25, -0.2) is 8.78 Å². The van der Waals surface area contributed by atoms with E-state index in [2.05, 4.69) is 16.0 Å². The fraction of sp³-hybridized carbons (Fsp3) is 0.467. The molecule has 1 fully saturated rings. The van der Waals surface area contributed by atoms with Gasteiger partial charge < -0.3 is 16.0 Å². The van der Waals surface area contributed by atoms with Crippen molar-refractivity contribution in [1.82, 2.24) is 16.0 Å². The van der Waals surface area contributed by atoms with Gasteiger partial charge in [0.25, 0.3) is 0 Å². The molecule has 1 saturated heterocycles. The van der Waals surface area contributed by atoms with Crippen molar-refractivity contribution in [3.05, 3.63) is 35.4 Å². The van der Waals surface area contributed by atoms with Gasteiger partial charge in [-0.05, 0) is 6.07 Å². The van der Waals surface area contributed by atoms with Crippen molar-refractivity contribution in [2.24, 2.45) is 5.92 Å². The molecular weight excluding hydrogens is 292 g/mol. The quantitative estimate of drug-likeness (QED) is 0.730. The Morgan fingerprint density at radius 2 is 2.09 bits per heavy atom. The normalized spacial score (nSPS) is 15.8. The van der Waals surface area contributed by atoms with Crippen molar-refractivity contribution in [2.75, 3.05) is 19.6 Å². The molecule has 1 aromatic rings. The first-order chi connectivity index (χ1) is 10.5. The maximum atomic E-state index is 13.8. The lowest BCUT2D eigenvalue weighted by molar-refractivity contribution is -0.123. The lowest BCUT2D eigenvalue weighted by Gasteiger charge is -2.27. The molecule has 1 unspecified atom stereocenters. The van der Waals surface area contributed by atoms with Gasteiger partial charge >= 0.3 is 0 Å². The van der Waals surface area contributed by atoms with Crippen LogP contribution >= 0.6 is 0 Å². The minimum absolute atomic E-state index is 0.0945. The van der Waals surface area contributed by atoms with Crippen LogP contribution in [0.1, 0.15) is 24.9 Å². The van der Waals surface area contributed by atoms with E-state index in [1.807, 2.05) is 0 Å². The molecule has 5 nitrogen and oxygen atoms in total. The van der Waals surface area contributed by atoms with E-state index < -0.39 is 17.7 Å². The molecule has 0 saturated carbocycles. The van der Waals surface area contributed by atoms with Crippen molar-refractivity contribution in [3.63, 3.8) is 0 Å². The van der Waals surface area contributed by atoms with E-state index in [0.717, 1.165) is 25.2 Å². The monoisotopic (exact) mass is 311 g/mol. The van der Waals surface area contributed by atoms with Crippen LogP contribution < -0.4 is 16.0 Å². The smallest absolute Gasteiger partial charge is 0.222 e. The van der Waals surface area contributed by atoms with Crippen molar-refractivity contribution >= 4 is 11.8 Å². The molecule has 1 aliphatic heterocycles. The summed E-state index contributed by atoms with van der Waals surface area (Å²) in [6, 6.07) is 2.26. The third kappa shape index (κ3) is 4.49. The Kier molecular flexibility index (Phi) is 5.43. The van der Waals surface area contributed by atoms with Crippen LogP contribution in [0.15, 0.2) is 18.2 Å². The van der Waals surface area contributed by atoms with Crippen LogP contribution in [0, 0.1) is 17.6 Å². The largest absolute Gasteiger partial charge is 0.356 e. The van der Waals surface area contributed by atoms with E-state index in [9.17, 15) is 18.4 Å². The molecule has 1 atom stereocenters. The van der Waals surface area contributed by atoms with Gasteiger partial charge in [0.2, 0.25) is 11.8 Å². The minimum Gasteiger partial charge on any atom is -0.356 e. The number of carbonyl (C=O) groups excluding carboxylic acids is 2. The average molecular weight is 311 g/mol. The Morgan fingerprint density at radius 1 is 1.36 bits per heavy atom. The molecule has 22 heavy (non-hydrogen) atoms. The molecule has 120 valence electrons. The van der Waals surface area contributed by atoms with Gasteiger partial charge in [-0.1, -0.05) is 6.07 Å². The van der Waals surface area contributed by atoms with Crippen LogP contribution in [-0.2, 0) is 9.59 Å². The standard InChI is InChI=1S/C15H19F2N3O2/c1-9(21)20-14(12-3-2-11(16)4-13(12)17)5-15(22)19-8-10-6-18-7-10/h2-4,10,14,18H,5-8H2,1H3,(H,19,22)(H,20,21). The number of nitrogens with one attached hydrogen (secondary N) is 3. The Labute approximate surface area is 127 Å². The van der Waals surface area contributed by atoms with Crippen molar-refractivity contribution in [2.45, 2.75) is 19.4 Å². The molecule has 2 rings (SSSR count). The second-order valence-electron chi connectivity index (χ2n) is 5.45. The molecule has 0 radical (unpaired) electrons. The highest BCUT2D eigenvalue weighted by atomic mass is 19.1. The fourth-order valence-corrected chi connectivity index (χ4v) is 2.28. The van der Waals surface area contributed by atoms with E-state index in [0.29, 0.717) is 12.5 Å². The van der Waals surface area contributed by atoms with Gasteiger partial charge in [-0.2, -0.15) is 0 Å². The molecule has 0 aromatic heterocycles. The fourth-order valence-electron chi connectivity index (χ4n) is 2.28. The molecule has 3 N–H and O–H groups in total. The first kappa shape index (κ1) is 16.4. The number of hydrogen-bond donors (Lipinski definition) is 3. The lowest BCUT2D eigenvalue weighted by Crippen LogP contribution is -2.48. The van der Waals surface area contributed by atoms with Gasteiger partial charge in [-0.15, -0.1) is 0 Å². The highest BCUT2D eigenvalue weighted by Gasteiger charge is 2.22. The summed E-state index contributed by atoms with van der Waals surface area (Å²) < 4.78 is 26.8. The summed E-state index contributed by atoms with van der Waals surface area (Å²) in [5, 5.41) is 8.39. The van der Waals surface area contributed by atoms with Crippen molar-refractivity contribution < 1.29 is 18.4 Å². The minimum atomic E-state index is -0.822. The maximum Gasteiger partial charge on any atom is 0.222 e. The Bertz CT molecular complexity index is 562.